The molecule has 5 aliphatic rings. The number of rotatable bonds is 4. The molecule has 1 aromatic rings. The van der Waals surface area contributed by atoms with Crippen LogP contribution in [0.5, 0.6) is 0 Å². The summed E-state index contributed by atoms with van der Waals surface area (Å²) in [6, 6.07) is 7.98. The van der Waals surface area contributed by atoms with Crippen LogP contribution in [0, 0.1) is 17.8 Å². The topological polar surface area (TPSA) is 44.7 Å². The molecular weight excluding hydrogens is 434 g/mol. The van der Waals surface area contributed by atoms with E-state index >= 15 is 0 Å². The van der Waals surface area contributed by atoms with Crippen molar-refractivity contribution in [3.05, 3.63) is 28.7 Å². The van der Waals surface area contributed by atoms with Crippen LogP contribution in [0.4, 0.5) is 5.69 Å². The van der Waals surface area contributed by atoms with E-state index in [2.05, 4.69) is 33.2 Å². The summed E-state index contributed by atoms with van der Waals surface area (Å²) >= 11 is 5.27. The van der Waals surface area contributed by atoms with E-state index in [0.29, 0.717) is 6.42 Å². The highest BCUT2D eigenvalue weighted by atomic mass is 79.9. The fourth-order valence-corrected chi connectivity index (χ4v) is 7.77. The molecule has 5 fully saturated rings. The SMILES string of the molecule is CN1C(=NC23CC4CC(CC(C4)C2)C3)SCC1CC(=O)Nc1ccc(Br)cc1. The number of carbonyl (C=O) groups is 1. The number of thioether (sulfide) groups is 1. The van der Waals surface area contributed by atoms with Gasteiger partial charge >= 0.3 is 0 Å². The van der Waals surface area contributed by atoms with Gasteiger partial charge in [-0.2, -0.15) is 0 Å². The zero-order chi connectivity index (χ0) is 19.3. The number of amidine groups is 1. The molecule has 6 heteroatoms. The quantitative estimate of drug-likeness (QED) is 0.673. The molecule has 150 valence electrons. The molecule has 4 saturated carbocycles. The fourth-order valence-electron chi connectivity index (χ4n) is 6.21. The largest absolute Gasteiger partial charge is 0.350 e. The summed E-state index contributed by atoms with van der Waals surface area (Å²) in [6.07, 6.45) is 8.76. The summed E-state index contributed by atoms with van der Waals surface area (Å²) in [5.41, 5.74) is 1.06. The highest BCUT2D eigenvalue weighted by Crippen LogP contribution is 2.57. The lowest BCUT2D eigenvalue weighted by atomic mass is 9.53. The maximum atomic E-state index is 12.5. The van der Waals surface area contributed by atoms with E-state index in [0.717, 1.165) is 33.7 Å². The Balaban J connectivity index is 1.23. The minimum absolute atomic E-state index is 0.0795. The van der Waals surface area contributed by atoms with Gasteiger partial charge in [0, 0.05) is 35.4 Å². The Morgan fingerprint density at radius 1 is 1.18 bits per heavy atom. The Morgan fingerprint density at radius 3 is 2.39 bits per heavy atom. The molecule has 1 aromatic carbocycles. The molecule has 0 aromatic heterocycles. The zero-order valence-corrected chi connectivity index (χ0v) is 18.8. The van der Waals surface area contributed by atoms with Gasteiger partial charge in [-0.1, -0.05) is 27.7 Å². The van der Waals surface area contributed by atoms with Gasteiger partial charge in [0.05, 0.1) is 5.54 Å². The number of nitrogens with zero attached hydrogens (tertiary/aromatic N) is 2. The van der Waals surface area contributed by atoms with Gasteiger partial charge in [-0.05, 0) is 80.5 Å². The van der Waals surface area contributed by atoms with Gasteiger partial charge in [0.15, 0.2) is 5.17 Å². The average Bonchev–Trinajstić information content (AvgIpc) is 2.95. The van der Waals surface area contributed by atoms with Crippen LogP contribution in [0.2, 0.25) is 0 Å². The Bertz CT molecular complexity index is 758. The zero-order valence-electron chi connectivity index (χ0n) is 16.4. The predicted molar refractivity (Wildman–Crippen MR) is 120 cm³/mol. The molecule has 1 unspecified atom stereocenters. The lowest BCUT2D eigenvalue weighted by Gasteiger charge is -2.55. The Hall–Kier alpha value is -1.01. The third-order valence-corrected chi connectivity index (χ3v) is 8.86. The third kappa shape index (κ3) is 3.74. The molecule has 4 bridgehead atoms. The van der Waals surface area contributed by atoms with Crippen LogP contribution in [0.15, 0.2) is 33.7 Å². The van der Waals surface area contributed by atoms with Crippen LogP contribution in [-0.2, 0) is 4.79 Å². The minimum Gasteiger partial charge on any atom is -0.350 e. The molecule has 1 heterocycles. The summed E-state index contributed by atoms with van der Waals surface area (Å²) in [6.45, 7) is 0. The summed E-state index contributed by atoms with van der Waals surface area (Å²) < 4.78 is 1.02. The van der Waals surface area contributed by atoms with Gasteiger partial charge < -0.3 is 10.2 Å². The van der Waals surface area contributed by atoms with Crippen molar-refractivity contribution in [2.75, 3.05) is 18.1 Å². The highest BCUT2D eigenvalue weighted by molar-refractivity contribution is 9.10. The lowest BCUT2D eigenvalue weighted by Crippen LogP contribution is -2.50. The minimum atomic E-state index is 0.0795. The lowest BCUT2D eigenvalue weighted by molar-refractivity contribution is -0.116. The van der Waals surface area contributed by atoms with E-state index in [1.54, 1.807) is 0 Å². The molecule has 0 radical (unpaired) electrons. The van der Waals surface area contributed by atoms with Gasteiger partial charge in [0.25, 0.3) is 0 Å². The number of amides is 1. The molecule has 1 amide bonds. The molecule has 28 heavy (non-hydrogen) atoms. The van der Waals surface area contributed by atoms with Crippen molar-refractivity contribution < 1.29 is 4.79 Å². The normalized spacial score (nSPS) is 37.6. The molecule has 4 nitrogen and oxygen atoms in total. The maximum Gasteiger partial charge on any atom is 0.226 e. The second-order valence-corrected chi connectivity index (χ2v) is 11.3. The first kappa shape index (κ1) is 19.0. The summed E-state index contributed by atoms with van der Waals surface area (Å²) in [4.78, 5) is 20.2. The first-order valence-corrected chi connectivity index (χ1v) is 12.3. The van der Waals surface area contributed by atoms with Gasteiger partial charge in [0.2, 0.25) is 5.91 Å². The molecule has 1 saturated heterocycles. The van der Waals surface area contributed by atoms with Crippen LogP contribution < -0.4 is 5.32 Å². The summed E-state index contributed by atoms with van der Waals surface area (Å²) in [5, 5.41) is 4.19. The molecule has 1 aliphatic heterocycles. The molecular formula is C22H28BrN3OS. The van der Waals surface area contributed by atoms with E-state index in [9.17, 15) is 4.79 Å². The van der Waals surface area contributed by atoms with Gasteiger partial charge in [0.1, 0.15) is 0 Å². The summed E-state index contributed by atoms with van der Waals surface area (Å²) in [7, 11) is 2.12. The van der Waals surface area contributed by atoms with E-state index in [1.165, 1.54) is 43.7 Å². The Morgan fingerprint density at radius 2 is 1.79 bits per heavy atom. The smallest absolute Gasteiger partial charge is 0.226 e. The van der Waals surface area contributed by atoms with Gasteiger partial charge in [-0.25, -0.2) is 0 Å². The average molecular weight is 462 g/mol. The number of halogens is 1. The van der Waals surface area contributed by atoms with Crippen LogP contribution in [0.1, 0.15) is 44.9 Å². The van der Waals surface area contributed by atoms with Crippen LogP contribution in [-0.4, -0.2) is 40.4 Å². The maximum absolute atomic E-state index is 12.5. The fraction of sp³-hybridized carbons (Fsp3) is 0.636. The summed E-state index contributed by atoms with van der Waals surface area (Å²) in [5.74, 6) is 3.78. The number of aliphatic imine (C=N–C) groups is 1. The van der Waals surface area contributed by atoms with Gasteiger partial charge in [-0.15, -0.1) is 0 Å². The van der Waals surface area contributed by atoms with E-state index in [-0.39, 0.29) is 17.5 Å². The Kier molecular flexibility index (Phi) is 4.98. The third-order valence-electron chi connectivity index (χ3n) is 7.14. The first-order valence-electron chi connectivity index (χ1n) is 10.5. The second kappa shape index (κ2) is 7.35. The number of nitrogens with one attached hydrogen (secondary N) is 1. The number of hydrogen-bond donors (Lipinski definition) is 1. The molecule has 6 rings (SSSR count). The van der Waals surface area contributed by atoms with Crippen molar-refractivity contribution in [2.45, 2.75) is 56.5 Å². The van der Waals surface area contributed by atoms with Crippen molar-refractivity contribution in [3.63, 3.8) is 0 Å². The number of hydrogen-bond acceptors (Lipinski definition) is 3. The number of carbonyl (C=O) groups excluding carboxylic acids is 1. The number of anilines is 1. The molecule has 4 aliphatic carbocycles. The van der Waals surface area contributed by atoms with Crippen LogP contribution in [0.25, 0.3) is 0 Å². The second-order valence-electron chi connectivity index (χ2n) is 9.37. The first-order chi connectivity index (χ1) is 13.5. The van der Waals surface area contributed by atoms with E-state index in [1.807, 2.05) is 36.0 Å². The van der Waals surface area contributed by atoms with E-state index < -0.39 is 0 Å². The molecule has 1 atom stereocenters. The van der Waals surface area contributed by atoms with Crippen molar-refractivity contribution in [2.24, 2.45) is 22.7 Å². The van der Waals surface area contributed by atoms with E-state index in [4.69, 9.17) is 4.99 Å². The highest BCUT2D eigenvalue weighted by Gasteiger charge is 2.51. The standard InChI is InChI=1S/C22H28BrN3OS/c1-26-19(9-20(27)24-18-4-2-17(23)3-5-18)13-28-21(26)25-22-10-14-6-15(11-22)8-16(7-14)12-22/h2-5,14-16,19H,6-13H2,1H3,(H,24,27). The number of benzene rings is 1. The van der Waals surface area contributed by atoms with Crippen molar-refractivity contribution in [1.82, 2.24) is 4.90 Å². The van der Waals surface area contributed by atoms with Crippen molar-refractivity contribution in [1.29, 1.82) is 0 Å². The van der Waals surface area contributed by atoms with Gasteiger partial charge in [-0.3, -0.25) is 9.79 Å². The predicted octanol–water partition coefficient (Wildman–Crippen LogP) is 5.15. The molecule has 0 spiro atoms. The Labute approximate surface area is 180 Å². The molecule has 1 N–H and O–H groups in total. The van der Waals surface area contributed by atoms with Crippen LogP contribution in [0.3, 0.4) is 0 Å². The van der Waals surface area contributed by atoms with Crippen molar-refractivity contribution in [3.8, 4) is 0 Å². The van der Waals surface area contributed by atoms with Crippen molar-refractivity contribution >= 4 is 44.5 Å². The van der Waals surface area contributed by atoms with Crippen LogP contribution >= 0.6 is 27.7 Å². The monoisotopic (exact) mass is 461 g/mol.